The molecule has 0 saturated heterocycles. The van der Waals surface area contributed by atoms with Crippen molar-refractivity contribution in [1.29, 1.82) is 0 Å². The number of pyridine rings is 1. The van der Waals surface area contributed by atoms with Crippen molar-refractivity contribution >= 4 is 16.6 Å². The number of ether oxygens (including phenoxy) is 1. The standard InChI is InChI=1S/C17H13NO2/c19-17(12-20-14-6-2-1-3-7-14)16-8-4-5-13-11-18-10-9-15(13)16/h1-11H,12H2. The van der Waals surface area contributed by atoms with Gasteiger partial charge in [-0.2, -0.15) is 0 Å². The van der Waals surface area contributed by atoms with E-state index in [9.17, 15) is 4.79 Å². The number of aromatic nitrogens is 1. The van der Waals surface area contributed by atoms with Crippen LogP contribution in [0.5, 0.6) is 5.75 Å². The molecule has 0 aliphatic carbocycles. The second-order valence-electron chi connectivity index (χ2n) is 4.43. The van der Waals surface area contributed by atoms with Gasteiger partial charge in [0.1, 0.15) is 5.75 Å². The molecule has 0 fully saturated rings. The van der Waals surface area contributed by atoms with E-state index in [1.165, 1.54) is 0 Å². The predicted molar refractivity (Wildman–Crippen MR) is 78.0 cm³/mol. The van der Waals surface area contributed by atoms with Crippen molar-refractivity contribution < 1.29 is 9.53 Å². The number of nitrogens with zero attached hydrogens (tertiary/aromatic N) is 1. The number of ketones is 1. The first kappa shape index (κ1) is 12.4. The van der Waals surface area contributed by atoms with Gasteiger partial charge in [-0.25, -0.2) is 0 Å². The Morgan fingerprint density at radius 3 is 2.70 bits per heavy atom. The Morgan fingerprint density at radius 2 is 1.85 bits per heavy atom. The van der Waals surface area contributed by atoms with E-state index in [0.29, 0.717) is 11.3 Å². The van der Waals surface area contributed by atoms with Gasteiger partial charge in [-0.3, -0.25) is 9.78 Å². The summed E-state index contributed by atoms with van der Waals surface area (Å²) in [6.45, 7) is 0.0332. The molecule has 0 amide bonds. The molecule has 20 heavy (non-hydrogen) atoms. The molecule has 1 aromatic heterocycles. The fraction of sp³-hybridized carbons (Fsp3) is 0.0588. The summed E-state index contributed by atoms with van der Waals surface area (Å²) in [5.74, 6) is 0.661. The number of carbonyl (C=O) groups is 1. The van der Waals surface area contributed by atoms with Crippen molar-refractivity contribution in [2.45, 2.75) is 0 Å². The van der Waals surface area contributed by atoms with E-state index in [1.54, 1.807) is 12.4 Å². The highest BCUT2D eigenvalue weighted by Gasteiger charge is 2.10. The highest BCUT2D eigenvalue weighted by molar-refractivity contribution is 6.08. The molecule has 3 rings (SSSR count). The minimum absolute atomic E-state index is 0.0332. The molecule has 0 saturated carbocycles. The van der Waals surface area contributed by atoms with Gasteiger partial charge in [0.2, 0.25) is 5.78 Å². The summed E-state index contributed by atoms with van der Waals surface area (Å²) < 4.78 is 5.51. The number of hydrogen-bond donors (Lipinski definition) is 0. The van der Waals surface area contributed by atoms with E-state index in [2.05, 4.69) is 4.98 Å². The first-order chi connectivity index (χ1) is 9.84. The maximum absolute atomic E-state index is 12.3. The molecule has 3 nitrogen and oxygen atoms in total. The maximum atomic E-state index is 12.3. The van der Waals surface area contributed by atoms with Crippen molar-refractivity contribution in [3.63, 3.8) is 0 Å². The van der Waals surface area contributed by atoms with Gasteiger partial charge in [0, 0.05) is 23.3 Å². The van der Waals surface area contributed by atoms with Crippen LogP contribution in [-0.4, -0.2) is 17.4 Å². The summed E-state index contributed by atoms with van der Waals surface area (Å²) in [7, 11) is 0. The zero-order valence-corrected chi connectivity index (χ0v) is 10.8. The molecule has 0 atom stereocenters. The average molecular weight is 263 g/mol. The molecule has 0 spiro atoms. The number of carbonyl (C=O) groups excluding carboxylic acids is 1. The van der Waals surface area contributed by atoms with Gasteiger partial charge < -0.3 is 4.74 Å². The van der Waals surface area contributed by atoms with Crippen LogP contribution < -0.4 is 4.74 Å². The lowest BCUT2D eigenvalue weighted by atomic mass is 10.0. The Labute approximate surface area is 116 Å². The molecule has 0 aliphatic rings. The Bertz CT molecular complexity index is 733. The molecule has 1 heterocycles. The van der Waals surface area contributed by atoms with Crippen LogP contribution in [0.2, 0.25) is 0 Å². The number of para-hydroxylation sites is 1. The third-order valence-corrected chi connectivity index (χ3v) is 3.09. The molecule has 3 heteroatoms. The van der Waals surface area contributed by atoms with E-state index >= 15 is 0 Å². The van der Waals surface area contributed by atoms with E-state index in [-0.39, 0.29) is 12.4 Å². The van der Waals surface area contributed by atoms with Crippen molar-refractivity contribution in [2.75, 3.05) is 6.61 Å². The van der Waals surface area contributed by atoms with Crippen LogP contribution in [0.25, 0.3) is 10.8 Å². The number of rotatable bonds is 4. The maximum Gasteiger partial charge on any atom is 0.200 e. The molecular formula is C17H13NO2. The van der Waals surface area contributed by atoms with Crippen LogP contribution in [-0.2, 0) is 0 Å². The molecule has 0 radical (unpaired) electrons. The molecule has 0 N–H and O–H groups in total. The monoisotopic (exact) mass is 263 g/mol. The second-order valence-corrected chi connectivity index (χ2v) is 4.43. The molecule has 3 aromatic rings. The molecule has 0 bridgehead atoms. The van der Waals surface area contributed by atoms with Crippen LogP contribution in [0.3, 0.4) is 0 Å². The zero-order valence-electron chi connectivity index (χ0n) is 10.8. The van der Waals surface area contributed by atoms with Crippen LogP contribution in [0, 0.1) is 0 Å². The van der Waals surface area contributed by atoms with Gasteiger partial charge >= 0.3 is 0 Å². The van der Waals surface area contributed by atoms with Crippen LogP contribution in [0.1, 0.15) is 10.4 Å². The number of fused-ring (bicyclic) bond motifs is 1. The Morgan fingerprint density at radius 1 is 1.00 bits per heavy atom. The van der Waals surface area contributed by atoms with Crippen molar-refractivity contribution in [2.24, 2.45) is 0 Å². The summed E-state index contributed by atoms with van der Waals surface area (Å²) >= 11 is 0. The minimum atomic E-state index is -0.0364. The lowest BCUT2D eigenvalue weighted by Crippen LogP contribution is -2.12. The van der Waals surface area contributed by atoms with Gasteiger partial charge in [0.15, 0.2) is 6.61 Å². The Kier molecular flexibility index (Phi) is 3.42. The molecular weight excluding hydrogens is 250 g/mol. The molecule has 2 aromatic carbocycles. The summed E-state index contributed by atoms with van der Waals surface area (Å²) in [5, 5.41) is 1.86. The van der Waals surface area contributed by atoms with Gasteiger partial charge in [-0.15, -0.1) is 0 Å². The first-order valence-corrected chi connectivity index (χ1v) is 6.38. The fourth-order valence-corrected chi connectivity index (χ4v) is 2.11. The number of Topliss-reactive ketones (excluding diaryl/α,β-unsaturated/α-hetero) is 1. The topological polar surface area (TPSA) is 39.2 Å². The average Bonchev–Trinajstić information content (AvgIpc) is 2.53. The second kappa shape index (κ2) is 5.53. The minimum Gasteiger partial charge on any atom is -0.485 e. The first-order valence-electron chi connectivity index (χ1n) is 6.38. The number of benzene rings is 2. The predicted octanol–water partition coefficient (Wildman–Crippen LogP) is 3.50. The molecule has 0 aliphatic heterocycles. The smallest absolute Gasteiger partial charge is 0.200 e. The van der Waals surface area contributed by atoms with Gasteiger partial charge in [-0.05, 0) is 23.6 Å². The van der Waals surface area contributed by atoms with E-state index in [4.69, 9.17) is 4.74 Å². The van der Waals surface area contributed by atoms with Crippen molar-refractivity contribution in [1.82, 2.24) is 4.98 Å². The SMILES string of the molecule is O=C(COc1ccccc1)c1cccc2cnccc12. The van der Waals surface area contributed by atoms with Crippen molar-refractivity contribution in [3.8, 4) is 5.75 Å². The van der Waals surface area contributed by atoms with Crippen LogP contribution >= 0.6 is 0 Å². The van der Waals surface area contributed by atoms with Crippen LogP contribution in [0.15, 0.2) is 67.0 Å². The summed E-state index contributed by atoms with van der Waals surface area (Å²) in [6, 6.07) is 16.8. The van der Waals surface area contributed by atoms with Crippen LogP contribution in [0.4, 0.5) is 0 Å². The quantitative estimate of drug-likeness (QED) is 0.676. The van der Waals surface area contributed by atoms with Crippen molar-refractivity contribution in [3.05, 3.63) is 72.6 Å². The Balaban J connectivity index is 1.82. The van der Waals surface area contributed by atoms with Gasteiger partial charge in [-0.1, -0.05) is 36.4 Å². The number of hydrogen-bond acceptors (Lipinski definition) is 3. The zero-order chi connectivity index (χ0) is 13.8. The van der Waals surface area contributed by atoms with E-state index in [0.717, 1.165) is 10.8 Å². The molecule has 0 unspecified atom stereocenters. The third-order valence-electron chi connectivity index (χ3n) is 3.09. The highest BCUT2D eigenvalue weighted by Crippen LogP contribution is 2.18. The highest BCUT2D eigenvalue weighted by atomic mass is 16.5. The Hall–Kier alpha value is -2.68. The summed E-state index contributed by atoms with van der Waals surface area (Å²) in [5.41, 5.74) is 0.667. The fourth-order valence-electron chi connectivity index (χ4n) is 2.11. The lowest BCUT2D eigenvalue weighted by molar-refractivity contribution is 0.0923. The largest absolute Gasteiger partial charge is 0.485 e. The third kappa shape index (κ3) is 2.52. The van der Waals surface area contributed by atoms with E-state index < -0.39 is 0 Å². The van der Waals surface area contributed by atoms with Gasteiger partial charge in [0.05, 0.1) is 0 Å². The summed E-state index contributed by atoms with van der Waals surface area (Å²) in [4.78, 5) is 16.4. The van der Waals surface area contributed by atoms with E-state index in [1.807, 2.05) is 54.6 Å². The lowest BCUT2D eigenvalue weighted by Gasteiger charge is -2.07. The molecule has 98 valence electrons. The van der Waals surface area contributed by atoms with Gasteiger partial charge in [0.25, 0.3) is 0 Å². The summed E-state index contributed by atoms with van der Waals surface area (Å²) in [6.07, 6.45) is 3.45. The normalized spacial score (nSPS) is 10.4.